The van der Waals surface area contributed by atoms with Crippen molar-refractivity contribution in [3.05, 3.63) is 63.7 Å². The number of imide groups is 1. The van der Waals surface area contributed by atoms with Gasteiger partial charge < -0.3 is 10.2 Å². The van der Waals surface area contributed by atoms with E-state index in [1.807, 2.05) is 0 Å². The molecule has 2 aromatic carbocycles. The number of amides is 4. The molecule has 1 atom stereocenters. The van der Waals surface area contributed by atoms with Crippen molar-refractivity contribution in [1.82, 2.24) is 9.80 Å². The highest BCUT2D eigenvalue weighted by atomic mass is 32.2. The van der Waals surface area contributed by atoms with Gasteiger partial charge in [-0.1, -0.05) is 6.07 Å². The molecule has 1 unspecified atom stereocenters. The van der Waals surface area contributed by atoms with E-state index >= 15 is 0 Å². The maximum Gasteiger partial charge on any atom is 0.285 e. The summed E-state index contributed by atoms with van der Waals surface area (Å²) < 4.78 is 0. The van der Waals surface area contributed by atoms with Gasteiger partial charge in [-0.15, -0.1) is 0 Å². The molecule has 1 heterocycles. The van der Waals surface area contributed by atoms with E-state index in [9.17, 15) is 29.3 Å². The number of carbonyl (C=O) groups is 4. The summed E-state index contributed by atoms with van der Waals surface area (Å²) in [6.07, 6.45) is 0. The van der Waals surface area contributed by atoms with Crippen LogP contribution in [-0.2, 0) is 4.79 Å². The molecule has 0 fully saturated rings. The summed E-state index contributed by atoms with van der Waals surface area (Å²) in [6.45, 7) is 1.36. The van der Waals surface area contributed by atoms with Crippen molar-refractivity contribution in [1.29, 1.82) is 0 Å². The summed E-state index contributed by atoms with van der Waals surface area (Å²) in [7, 11) is 3.28. The summed E-state index contributed by atoms with van der Waals surface area (Å²) in [5.74, 6) is -2.29. The zero-order valence-electron chi connectivity index (χ0n) is 16.8. The minimum atomic E-state index is -1.20. The molecule has 11 heteroatoms. The molecule has 1 aliphatic heterocycles. The summed E-state index contributed by atoms with van der Waals surface area (Å²) in [6, 6.07) is 9.05. The Morgan fingerprint density at radius 3 is 2.32 bits per heavy atom. The molecule has 1 aliphatic rings. The van der Waals surface area contributed by atoms with Crippen LogP contribution in [0.5, 0.6) is 0 Å². The molecule has 1 N–H and O–H groups in total. The van der Waals surface area contributed by atoms with Gasteiger partial charge in [-0.05, 0) is 49.0 Å². The van der Waals surface area contributed by atoms with E-state index in [2.05, 4.69) is 5.32 Å². The number of carbonyl (C=O) groups excluding carboxylic acids is 4. The summed E-state index contributed by atoms with van der Waals surface area (Å²) in [5.41, 5.74) is -0.498. The molecule has 0 radical (unpaired) electrons. The van der Waals surface area contributed by atoms with Crippen LogP contribution >= 0.6 is 11.8 Å². The highest BCUT2D eigenvalue weighted by Gasteiger charge is 2.44. The average molecular weight is 442 g/mol. The molecule has 2 aromatic rings. The highest BCUT2D eigenvalue weighted by Crippen LogP contribution is 2.32. The van der Waals surface area contributed by atoms with Crippen molar-refractivity contribution in [2.24, 2.45) is 0 Å². The zero-order valence-corrected chi connectivity index (χ0v) is 17.6. The first-order valence-corrected chi connectivity index (χ1v) is 9.88. The van der Waals surface area contributed by atoms with Crippen LogP contribution in [0, 0.1) is 10.1 Å². The number of thioether (sulfide) groups is 1. The first-order valence-electron chi connectivity index (χ1n) is 9.07. The second-order valence-electron chi connectivity index (χ2n) is 6.89. The third-order valence-corrected chi connectivity index (χ3v) is 5.63. The molecule has 0 spiro atoms. The first-order chi connectivity index (χ1) is 14.6. The number of fused-ring (bicyclic) bond motifs is 1. The van der Waals surface area contributed by atoms with E-state index < -0.39 is 34.4 Å². The number of nitro groups is 1. The number of nitrogens with one attached hydrogen (secondary N) is 1. The SMILES string of the molecule is CC(C(=O)Nc1ccc(SC(=O)N(C)C)cc1)N1C(=O)c2cccc([N+](=O)[O-])c2C1=O. The predicted octanol–water partition coefficient (Wildman–Crippen LogP) is 2.99. The standard InChI is InChI=1S/C20H18N4O6S/c1-11(17(25)21-12-7-9-13(10-8-12)31-20(28)22(2)3)23-18(26)14-5-4-6-15(24(29)30)16(14)19(23)27/h4-11H,1-3H3,(H,21,25). The fourth-order valence-corrected chi connectivity index (χ4v) is 3.61. The largest absolute Gasteiger partial charge is 0.339 e. The van der Waals surface area contributed by atoms with E-state index in [-0.39, 0.29) is 16.4 Å². The van der Waals surface area contributed by atoms with Gasteiger partial charge in [0.1, 0.15) is 11.6 Å². The fourth-order valence-electron chi connectivity index (χ4n) is 2.95. The smallest absolute Gasteiger partial charge is 0.285 e. The van der Waals surface area contributed by atoms with Gasteiger partial charge in [-0.25, -0.2) is 0 Å². The van der Waals surface area contributed by atoms with Gasteiger partial charge in [0, 0.05) is 30.7 Å². The van der Waals surface area contributed by atoms with Gasteiger partial charge in [0.15, 0.2) is 0 Å². The van der Waals surface area contributed by atoms with E-state index in [1.165, 1.54) is 24.0 Å². The lowest BCUT2D eigenvalue weighted by Gasteiger charge is -2.21. The number of nitro benzene ring substituents is 1. The normalized spacial score (nSPS) is 13.6. The summed E-state index contributed by atoms with van der Waals surface area (Å²) in [4.78, 5) is 63.1. The zero-order chi connectivity index (χ0) is 22.9. The Labute approximate surface area is 181 Å². The van der Waals surface area contributed by atoms with Crippen LogP contribution in [-0.4, -0.2) is 57.8 Å². The summed E-state index contributed by atoms with van der Waals surface area (Å²) in [5, 5.41) is 13.7. The molecule has 31 heavy (non-hydrogen) atoms. The number of nitrogens with zero attached hydrogens (tertiary/aromatic N) is 3. The molecular formula is C20H18N4O6S. The molecule has 0 aliphatic carbocycles. The Balaban J connectivity index is 1.74. The lowest BCUT2D eigenvalue weighted by Crippen LogP contribution is -2.45. The highest BCUT2D eigenvalue weighted by molar-refractivity contribution is 8.13. The van der Waals surface area contributed by atoms with Gasteiger partial charge in [0.2, 0.25) is 5.91 Å². The Kier molecular flexibility index (Phi) is 6.07. The van der Waals surface area contributed by atoms with Crippen molar-refractivity contribution >= 4 is 46.1 Å². The Morgan fingerprint density at radius 1 is 1.10 bits per heavy atom. The van der Waals surface area contributed by atoms with Crippen molar-refractivity contribution in [3.63, 3.8) is 0 Å². The Morgan fingerprint density at radius 2 is 1.74 bits per heavy atom. The number of benzene rings is 2. The van der Waals surface area contributed by atoms with Gasteiger partial charge in [0.05, 0.1) is 10.5 Å². The van der Waals surface area contributed by atoms with Gasteiger partial charge in [-0.2, -0.15) is 0 Å². The third-order valence-electron chi connectivity index (χ3n) is 4.58. The summed E-state index contributed by atoms with van der Waals surface area (Å²) >= 11 is 1.02. The molecule has 3 rings (SSSR count). The quantitative estimate of drug-likeness (QED) is 0.326. The molecule has 0 bridgehead atoms. The van der Waals surface area contributed by atoms with Crippen LogP contribution in [0.4, 0.5) is 16.2 Å². The van der Waals surface area contributed by atoms with Gasteiger partial charge in [0.25, 0.3) is 22.7 Å². The Bertz CT molecular complexity index is 1100. The Hall–Kier alpha value is -3.73. The monoisotopic (exact) mass is 442 g/mol. The third kappa shape index (κ3) is 4.26. The number of hydrogen-bond donors (Lipinski definition) is 1. The number of rotatable bonds is 5. The van der Waals surface area contributed by atoms with Crippen LogP contribution in [0.15, 0.2) is 47.4 Å². The maximum atomic E-state index is 12.7. The van der Waals surface area contributed by atoms with Crippen LogP contribution in [0.1, 0.15) is 27.6 Å². The van der Waals surface area contributed by atoms with Gasteiger partial charge >= 0.3 is 0 Å². The van der Waals surface area contributed by atoms with Crippen molar-refractivity contribution in [3.8, 4) is 0 Å². The molecule has 160 valence electrons. The van der Waals surface area contributed by atoms with Gasteiger partial charge in [-0.3, -0.25) is 34.2 Å². The maximum absolute atomic E-state index is 12.7. The van der Waals surface area contributed by atoms with Crippen LogP contribution in [0.2, 0.25) is 0 Å². The lowest BCUT2D eigenvalue weighted by molar-refractivity contribution is -0.385. The first kappa shape index (κ1) is 22.0. The molecule has 0 saturated heterocycles. The van der Waals surface area contributed by atoms with Crippen LogP contribution in [0.25, 0.3) is 0 Å². The van der Waals surface area contributed by atoms with Crippen molar-refractivity contribution < 1.29 is 24.1 Å². The lowest BCUT2D eigenvalue weighted by atomic mass is 10.1. The van der Waals surface area contributed by atoms with E-state index in [0.29, 0.717) is 15.5 Å². The topological polar surface area (TPSA) is 130 Å². The second kappa shape index (κ2) is 8.56. The molecule has 10 nitrogen and oxygen atoms in total. The second-order valence-corrected chi connectivity index (χ2v) is 7.91. The molecule has 4 amide bonds. The minimum Gasteiger partial charge on any atom is -0.339 e. The molecule has 0 aromatic heterocycles. The van der Waals surface area contributed by atoms with E-state index in [4.69, 9.17) is 0 Å². The molecule has 0 saturated carbocycles. The van der Waals surface area contributed by atoms with Crippen LogP contribution < -0.4 is 5.32 Å². The minimum absolute atomic E-state index is 0.106. The molecular weight excluding hydrogens is 424 g/mol. The fraction of sp³-hybridized carbons (Fsp3) is 0.200. The predicted molar refractivity (Wildman–Crippen MR) is 113 cm³/mol. The number of anilines is 1. The van der Waals surface area contributed by atoms with E-state index in [1.54, 1.807) is 38.4 Å². The van der Waals surface area contributed by atoms with E-state index in [0.717, 1.165) is 17.8 Å². The van der Waals surface area contributed by atoms with Crippen molar-refractivity contribution in [2.45, 2.75) is 17.9 Å². The van der Waals surface area contributed by atoms with Crippen LogP contribution in [0.3, 0.4) is 0 Å². The average Bonchev–Trinajstić information content (AvgIpc) is 2.99. The van der Waals surface area contributed by atoms with Crippen molar-refractivity contribution in [2.75, 3.05) is 19.4 Å². The number of hydrogen-bond acceptors (Lipinski definition) is 7.